The quantitative estimate of drug-likeness (QED) is 0.159. The SMILES string of the molecule is Cc1c(-c2ccccc2)nc2ccc(Br)cc2c1C(=O)NCC(CCC(=O)OC(C)(C)C)c1cc(F)cc(F)c1F. The van der Waals surface area contributed by atoms with E-state index in [4.69, 9.17) is 9.72 Å². The maximum Gasteiger partial charge on any atom is 0.306 e. The van der Waals surface area contributed by atoms with Crippen LogP contribution in [0, 0.1) is 24.4 Å². The number of aromatic nitrogens is 1. The Morgan fingerprint density at radius 1 is 1.02 bits per heavy atom. The van der Waals surface area contributed by atoms with E-state index in [1.165, 1.54) is 0 Å². The molecule has 1 unspecified atom stereocenters. The lowest BCUT2D eigenvalue weighted by Crippen LogP contribution is -2.31. The summed E-state index contributed by atoms with van der Waals surface area (Å²) in [5.74, 6) is -5.45. The summed E-state index contributed by atoms with van der Waals surface area (Å²) in [6, 6.07) is 16.2. The average Bonchev–Trinajstić information content (AvgIpc) is 2.90. The second-order valence-electron chi connectivity index (χ2n) is 10.8. The fraction of sp³-hybridized carbons (Fsp3) is 0.281. The molecular weight excluding hydrogens is 597 g/mol. The number of benzene rings is 3. The molecule has 5 nitrogen and oxygen atoms in total. The normalized spacial score (nSPS) is 12.3. The second-order valence-corrected chi connectivity index (χ2v) is 11.7. The molecule has 0 saturated heterocycles. The first-order valence-corrected chi connectivity index (χ1v) is 13.9. The van der Waals surface area contributed by atoms with E-state index in [0.29, 0.717) is 33.8 Å². The summed E-state index contributed by atoms with van der Waals surface area (Å²) in [6.07, 6.45) is -0.149. The Hall–Kier alpha value is -3.72. The van der Waals surface area contributed by atoms with E-state index in [2.05, 4.69) is 21.2 Å². The maximum atomic E-state index is 14.8. The van der Waals surface area contributed by atoms with Crippen LogP contribution in [0.5, 0.6) is 0 Å². The third-order valence-corrected chi connectivity index (χ3v) is 7.04. The van der Waals surface area contributed by atoms with Gasteiger partial charge in [0.25, 0.3) is 5.91 Å². The van der Waals surface area contributed by atoms with E-state index < -0.39 is 40.8 Å². The number of pyridine rings is 1. The molecular formula is C32H30BrF3N2O3. The molecule has 0 aliphatic heterocycles. The van der Waals surface area contributed by atoms with Crippen LogP contribution in [0.15, 0.2) is 65.1 Å². The number of nitrogens with zero attached hydrogens (tertiary/aromatic N) is 1. The third kappa shape index (κ3) is 7.33. The molecule has 1 N–H and O–H groups in total. The molecule has 0 aliphatic rings. The van der Waals surface area contributed by atoms with Crippen LogP contribution < -0.4 is 5.32 Å². The molecule has 1 atom stereocenters. The monoisotopic (exact) mass is 626 g/mol. The Kier molecular flexibility index (Phi) is 9.17. The van der Waals surface area contributed by atoms with Gasteiger partial charge < -0.3 is 10.1 Å². The highest BCUT2D eigenvalue weighted by Crippen LogP contribution is 2.32. The molecule has 41 heavy (non-hydrogen) atoms. The van der Waals surface area contributed by atoms with Crippen LogP contribution in [0.1, 0.15) is 61.0 Å². The summed E-state index contributed by atoms with van der Waals surface area (Å²) in [5.41, 5.74) is 2.06. The van der Waals surface area contributed by atoms with Gasteiger partial charge in [-0.25, -0.2) is 18.2 Å². The minimum atomic E-state index is -1.35. The zero-order chi connectivity index (χ0) is 29.9. The smallest absolute Gasteiger partial charge is 0.306 e. The van der Waals surface area contributed by atoms with Crippen LogP contribution >= 0.6 is 15.9 Å². The van der Waals surface area contributed by atoms with Crippen molar-refractivity contribution in [1.82, 2.24) is 10.3 Å². The molecule has 214 valence electrons. The fourth-order valence-corrected chi connectivity index (χ4v) is 5.09. The number of esters is 1. The number of ether oxygens (including phenoxy) is 1. The van der Waals surface area contributed by atoms with Gasteiger partial charge >= 0.3 is 5.97 Å². The van der Waals surface area contributed by atoms with Crippen LogP contribution in [-0.4, -0.2) is 29.0 Å². The van der Waals surface area contributed by atoms with Crippen molar-refractivity contribution < 1.29 is 27.5 Å². The Morgan fingerprint density at radius 2 is 1.73 bits per heavy atom. The molecule has 1 heterocycles. The molecule has 9 heteroatoms. The maximum absolute atomic E-state index is 14.8. The average molecular weight is 628 g/mol. The fourth-order valence-electron chi connectivity index (χ4n) is 4.73. The summed E-state index contributed by atoms with van der Waals surface area (Å²) >= 11 is 3.46. The topological polar surface area (TPSA) is 68.3 Å². The number of nitrogens with one attached hydrogen (secondary N) is 1. The first-order valence-electron chi connectivity index (χ1n) is 13.1. The van der Waals surface area contributed by atoms with Crippen LogP contribution in [-0.2, 0) is 9.53 Å². The van der Waals surface area contributed by atoms with E-state index >= 15 is 0 Å². The summed E-state index contributed by atoms with van der Waals surface area (Å²) in [7, 11) is 0. The molecule has 0 radical (unpaired) electrons. The molecule has 1 aromatic heterocycles. The Bertz CT molecular complexity index is 1600. The molecule has 0 bridgehead atoms. The third-order valence-electron chi connectivity index (χ3n) is 6.55. The molecule has 4 rings (SSSR count). The van der Waals surface area contributed by atoms with Gasteiger partial charge in [-0.1, -0.05) is 46.3 Å². The highest BCUT2D eigenvalue weighted by Gasteiger charge is 2.25. The minimum absolute atomic E-state index is 0.00804. The Balaban J connectivity index is 1.69. The zero-order valence-electron chi connectivity index (χ0n) is 23.2. The molecule has 0 saturated carbocycles. The number of halogens is 4. The van der Waals surface area contributed by atoms with Crippen molar-refractivity contribution in [3.05, 3.63) is 99.3 Å². The van der Waals surface area contributed by atoms with Crippen LogP contribution in [0.25, 0.3) is 22.2 Å². The van der Waals surface area contributed by atoms with Gasteiger partial charge in [0.05, 0.1) is 16.8 Å². The van der Waals surface area contributed by atoms with Crippen LogP contribution in [0.4, 0.5) is 13.2 Å². The summed E-state index contributed by atoms with van der Waals surface area (Å²) < 4.78 is 49.2. The predicted molar refractivity (Wildman–Crippen MR) is 156 cm³/mol. The standard InChI is InChI=1S/C32H30BrF3N2O3/c1-18-28(24-14-21(33)11-12-26(24)38-30(18)19-8-6-5-7-9-19)31(40)37-17-20(10-13-27(39)41-32(2,3)4)23-15-22(34)16-25(35)29(23)36/h5-9,11-12,14-16,20H,10,13,17H2,1-4H3,(H,37,40). The Morgan fingerprint density at radius 3 is 2.41 bits per heavy atom. The van der Waals surface area contributed by atoms with Gasteiger partial charge in [0, 0.05) is 40.4 Å². The predicted octanol–water partition coefficient (Wildman–Crippen LogP) is 8.03. The molecule has 0 fully saturated rings. The second kappa shape index (κ2) is 12.4. The minimum Gasteiger partial charge on any atom is -0.460 e. The van der Waals surface area contributed by atoms with Crippen molar-refractivity contribution in [1.29, 1.82) is 0 Å². The molecule has 0 aliphatic carbocycles. The van der Waals surface area contributed by atoms with Gasteiger partial charge in [-0.05, 0) is 69.5 Å². The molecule has 0 spiro atoms. The molecule has 1 amide bonds. The van der Waals surface area contributed by atoms with Crippen molar-refractivity contribution in [2.75, 3.05) is 6.54 Å². The van der Waals surface area contributed by atoms with Gasteiger partial charge in [-0.2, -0.15) is 0 Å². The van der Waals surface area contributed by atoms with E-state index in [0.717, 1.165) is 16.1 Å². The zero-order valence-corrected chi connectivity index (χ0v) is 24.7. The van der Waals surface area contributed by atoms with E-state index in [9.17, 15) is 22.8 Å². The summed E-state index contributed by atoms with van der Waals surface area (Å²) in [5, 5.41) is 3.42. The first-order chi connectivity index (χ1) is 19.3. The number of hydrogen-bond acceptors (Lipinski definition) is 4. The number of hydrogen-bond donors (Lipinski definition) is 1. The van der Waals surface area contributed by atoms with E-state index in [1.54, 1.807) is 39.8 Å². The largest absolute Gasteiger partial charge is 0.460 e. The van der Waals surface area contributed by atoms with Crippen LogP contribution in [0.2, 0.25) is 0 Å². The van der Waals surface area contributed by atoms with Gasteiger partial charge in [0.15, 0.2) is 11.6 Å². The Labute approximate surface area is 245 Å². The van der Waals surface area contributed by atoms with Crippen LogP contribution in [0.3, 0.4) is 0 Å². The van der Waals surface area contributed by atoms with Gasteiger partial charge in [0.1, 0.15) is 11.4 Å². The number of fused-ring (bicyclic) bond motifs is 1. The summed E-state index contributed by atoms with van der Waals surface area (Å²) in [6.45, 7) is 6.76. The van der Waals surface area contributed by atoms with E-state index in [1.807, 2.05) is 36.4 Å². The number of carbonyl (C=O) groups excluding carboxylic acids is 2. The lowest BCUT2D eigenvalue weighted by atomic mass is 9.92. The highest BCUT2D eigenvalue weighted by molar-refractivity contribution is 9.10. The van der Waals surface area contributed by atoms with Crippen molar-refractivity contribution in [3.63, 3.8) is 0 Å². The van der Waals surface area contributed by atoms with Gasteiger partial charge in [0.2, 0.25) is 0 Å². The first kappa shape index (κ1) is 30.2. The molecule has 4 aromatic rings. The van der Waals surface area contributed by atoms with Gasteiger partial charge in [-0.3, -0.25) is 9.59 Å². The lowest BCUT2D eigenvalue weighted by molar-refractivity contribution is -0.155. The number of carbonyl (C=O) groups is 2. The summed E-state index contributed by atoms with van der Waals surface area (Å²) in [4.78, 5) is 31.0. The lowest BCUT2D eigenvalue weighted by Gasteiger charge is -2.22. The number of rotatable bonds is 8. The molecule has 3 aromatic carbocycles. The van der Waals surface area contributed by atoms with Crippen molar-refractivity contribution >= 4 is 38.7 Å². The van der Waals surface area contributed by atoms with Gasteiger partial charge in [-0.15, -0.1) is 0 Å². The van der Waals surface area contributed by atoms with Crippen molar-refractivity contribution in [3.8, 4) is 11.3 Å². The highest BCUT2D eigenvalue weighted by atomic mass is 79.9. The van der Waals surface area contributed by atoms with E-state index in [-0.39, 0.29) is 24.9 Å². The van der Waals surface area contributed by atoms with Crippen molar-refractivity contribution in [2.45, 2.75) is 52.1 Å². The number of amides is 1. The van der Waals surface area contributed by atoms with Crippen molar-refractivity contribution in [2.24, 2.45) is 0 Å².